The fourth-order valence-electron chi connectivity index (χ4n) is 2.40. The van der Waals surface area contributed by atoms with Crippen LogP contribution in [0.3, 0.4) is 0 Å². The molecular weight excluding hydrogens is 238 g/mol. The first-order valence-corrected chi connectivity index (χ1v) is 6.78. The Labute approximate surface area is 115 Å². The summed E-state index contributed by atoms with van der Waals surface area (Å²) in [6.07, 6.45) is 0.992. The summed E-state index contributed by atoms with van der Waals surface area (Å²) in [6, 6.07) is 8.26. The summed E-state index contributed by atoms with van der Waals surface area (Å²) in [5.74, 6) is 0.904. The van der Waals surface area contributed by atoms with Gasteiger partial charge >= 0.3 is 0 Å². The maximum Gasteiger partial charge on any atom is 0.215 e. The zero-order valence-corrected chi connectivity index (χ0v) is 11.5. The Balaban J connectivity index is 1.80. The molecule has 19 heavy (non-hydrogen) atoms. The van der Waals surface area contributed by atoms with Crippen LogP contribution in [0.5, 0.6) is 5.75 Å². The lowest BCUT2D eigenvalue weighted by atomic mass is 10.2. The summed E-state index contributed by atoms with van der Waals surface area (Å²) in [7, 11) is 1.69. The Morgan fingerprint density at radius 1 is 1.16 bits per heavy atom. The molecule has 1 saturated heterocycles. The van der Waals surface area contributed by atoms with Crippen LogP contribution in [0.25, 0.3) is 4.85 Å². The lowest BCUT2D eigenvalue weighted by Gasteiger charge is -2.35. The predicted octanol–water partition coefficient (Wildman–Crippen LogP) is 2.13. The maximum absolute atomic E-state index is 6.79. The Kier molecular flexibility index (Phi) is 5.05. The Hall–Kier alpha value is -1.73. The van der Waals surface area contributed by atoms with Crippen molar-refractivity contribution in [3.05, 3.63) is 35.7 Å². The standard InChI is InChI=1S/C15H21N3O/c1-16-8-3-9-17-10-12-18(13-11-17)14-4-6-15(19-2)7-5-14/h4-7H,3,8-13H2,2H3. The minimum Gasteiger partial charge on any atom is -0.497 e. The number of benzene rings is 1. The highest BCUT2D eigenvalue weighted by atomic mass is 16.5. The van der Waals surface area contributed by atoms with E-state index in [4.69, 9.17) is 11.3 Å². The van der Waals surface area contributed by atoms with Crippen LogP contribution in [0, 0.1) is 6.57 Å². The van der Waals surface area contributed by atoms with Crippen LogP contribution in [-0.4, -0.2) is 51.3 Å². The molecule has 0 unspecified atom stereocenters. The molecule has 0 spiro atoms. The number of hydrogen-bond acceptors (Lipinski definition) is 3. The molecule has 1 aliphatic rings. The monoisotopic (exact) mass is 259 g/mol. The molecule has 0 atom stereocenters. The van der Waals surface area contributed by atoms with Crippen molar-refractivity contribution in [2.24, 2.45) is 0 Å². The van der Waals surface area contributed by atoms with Crippen molar-refractivity contribution in [2.45, 2.75) is 6.42 Å². The van der Waals surface area contributed by atoms with E-state index in [0.29, 0.717) is 6.54 Å². The molecule has 2 rings (SSSR count). The van der Waals surface area contributed by atoms with Crippen LogP contribution < -0.4 is 9.64 Å². The van der Waals surface area contributed by atoms with E-state index < -0.39 is 0 Å². The van der Waals surface area contributed by atoms with Gasteiger partial charge in [0.25, 0.3) is 0 Å². The fourth-order valence-corrected chi connectivity index (χ4v) is 2.40. The molecule has 0 N–H and O–H groups in total. The highest BCUT2D eigenvalue weighted by Gasteiger charge is 2.16. The number of rotatable bonds is 5. The SMILES string of the molecule is [C-]#[N+]CCCN1CCN(c2ccc(OC)cc2)CC1. The Morgan fingerprint density at radius 3 is 2.42 bits per heavy atom. The zero-order chi connectivity index (χ0) is 13.5. The number of ether oxygens (including phenoxy) is 1. The average Bonchev–Trinajstić information content (AvgIpc) is 2.48. The molecule has 1 heterocycles. The summed E-state index contributed by atoms with van der Waals surface area (Å²) in [5.41, 5.74) is 1.27. The maximum atomic E-state index is 6.79. The molecule has 1 aromatic rings. The first-order chi connectivity index (χ1) is 9.33. The molecule has 0 amide bonds. The van der Waals surface area contributed by atoms with Crippen molar-refractivity contribution in [2.75, 3.05) is 51.3 Å². The van der Waals surface area contributed by atoms with Gasteiger partial charge in [-0.2, -0.15) is 0 Å². The van der Waals surface area contributed by atoms with E-state index in [9.17, 15) is 0 Å². The second kappa shape index (κ2) is 7.01. The van der Waals surface area contributed by atoms with Crippen molar-refractivity contribution < 1.29 is 4.74 Å². The second-order valence-corrected chi connectivity index (χ2v) is 4.76. The number of hydrogen-bond donors (Lipinski definition) is 0. The second-order valence-electron chi connectivity index (χ2n) is 4.76. The van der Waals surface area contributed by atoms with Gasteiger partial charge in [0, 0.05) is 44.8 Å². The van der Waals surface area contributed by atoms with Gasteiger partial charge in [-0.05, 0) is 24.3 Å². The number of nitrogens with zero attached hydrogens (tertiary/aromatic N) is 3. The molecular formula is C15H21N3O. The number of piperazine rings is 1. The molecule has 0 aliphatic carbocycles. The van der Waals surface area contributed by atoms with Gasteiger partial charge in [0.2, 0.25) is 6.54 Å². The van der Waals surface area contributed by atoms with Gasteiger partial charge in [0.1, 0.15) is 5.75 Å². The molecule has 0 bridgehead atoms. The van der Waals surface area contributed by atoms with Crippen molar-refractivity contribution in [1.29, 1.82) is 0 Å². The van der Waals surface area contributed by atoms with Gasteiger partial charge in [-0.25, -0.2) is 6.57 Å². The van der Waals surface area contributed by atoms with Crippen LogP contribution in [0.2, 0.25) is 0 Å². The molecule has 0 saturated carbocycles. The minimum atomic E-state index is 0.651. The van der Waals surface area contributed by atoms with Gasteiger partial charge < -0.3 is 14.5 Å². The van der Waals surface area contributed by atoms with Crippen LogP contribution in [0.1, 0.15) is 6.42 Å². The molecule has 4 heteroatoms. The zero-order valence-electron chi connectivity index (χ0n) is 11.5. The van der Waals surface area contributed by atoms with Crippen LogP contribution in [0.4, 0.5) is 5.69 Å². The molecule has 4 nitrogen and oxygen atoms in total. The van der Waals surface area contributed by atoms with Crippen molar-refractivity contribution in [3.8, 4) is 5.75 Å². The van der Waals surface area contributed by atoms with Gasteiger partial charge in [0.15, 0.2) is 0 Å². The van der Waals surface area contributed by atoms with Crippen LogP contribution in [-0.2, 0) is 0 Å². The average molecular weight is 259 g/mol. The van der Waals surface area contributed by atoms with E-state index in [0.717, 1.165) is 44.9 Å². The number of anilines is 1. The molecule has 1 fully saturated rings. The third-order valence-electron chi connectivity index (χ3n) is 3.55. The fraction of sp³-hybridized carbons (Fsp3) is 0.533. The minimum absolute atomic E-state index is 0.651. The van der Waals surface area contributed by atoms with Crippen molar-refractivity contribution in [3.63, 3.8) is 0 Å². The van der Waals surface area contributed by atoms with E-state index in [1.54, 1.807) is 7.11 Å². The summed E-state index contributed by atoms with van der Waals surface area (Å²) < 4.78 is 5.18. The van der Waals surface area contributed by atoms with Gasteiger partial charge in [-0.1, -0.05) is 0 Å². The number of methoxy groups -OCH3 is 1. The lowest BCUT2D eigenvalue weighted by molar-refractivity contribution is 0.258. The smallest absolute Gasteiger partial charge is 0.215 e. The van der Waals surface area contributed by atoms with E-state index >= 15 is 0 Å². The third kappa shape index (κ3) is 3.87. The first kappa shape index (κ1) is 13.7. The van der Waals surface area contributed by atoms with Gasteiger partial charge in [0.05, 0.1) is 7.11 Å². The van der Waals surface area contributed by atoms with E-state index in [1.165, 1.54) is 5.69 Å². The lowest BCUT2D eigenvalue weighted by Crippen LogP contribution is -2.46. The topological polar surface area (TPSA) is 20.1 Å². The van der Waals surface area contributed by atoms with E-state index in [-0.39, 0.29) is 0 Å². The van der Waals surface area contributed by atoms with E-state index in [2.05, 4.69) is 26.8 Å². The van der Waals surface area contributed by atoms with Crippen LogP contribution >= 0.6 is 0 Å². The van der Waals surface area contributed by atoms with Crippen molar-refractivity contribution in [1.82, 2.24) is 4.90 Å². The summed E-state index contributed by atoms with van der Waals surface area (Å²) in [6.45, 7) is 12.8. The Morgan fingerprint density at radius 2 is 1.84 bits per heavy atom. The summed E-state index contributed by atoms with van der Waals surface area (Å²) in [5, 5.41) is 0. The Bertz CT molecular complexity index is 416. The van der Waals surface area contributed by atoms with Gasteiger partial charge in [-0.3, -0.25) is 4.90 Å². The quantitative estimate of drug-likeness (QED) is 0.597. The van der Waals surface area contributed by atoms with E-state index in [1.807, 2.05) is 12.1 Å². The predicted molar refractivity (Wildman–Crippen MR) is 77.7 cm³/mol. The van der Waals surface area contributed by atoms with Crippen LogP contribution in [0.15, 0.2) is 24.3 Å². The summed E-state index contributed by atoms with van der Waals surface area (Å²) in [4.78, 5) is 8.26. The molecule has 1 aromatic carbocycles. The highest BCUT2D eigenvalue weighted by molar-refractivity contribution is 5.49. The molecule has 102 valence electrons. The molecule has 0 radical (unpaired) electrons. The molecule has 1 aliphatic heterocycles. The third-order valence-corrected chi connectivity index (χ3v) is 3.55. The van der Waals surface area contributed by atoms with Gasteiger partial charge in [-0.15, -0.1) is 0 Å². The summed E-state index contributed by atoms with van der Waals surface area (Å²) >= 11 is 0. The largest absolute Gasteiger partial charge is 0.497 e. The first-order valence-electron chi connectivity index (χ1n) is 6.78. The normalized spacial score (nSPS) is 16.1. The van der Waals surface area contributed by atoms with Crippen molar-refractivity contribution >= 4 is 5.69 Å². The molecule has 0 aromatic heterocycles. The highest BCUT2D eigenvalue weighted by Crippen LogP contribution is 2.20.